The number of carbonyl (C=O) groups is 1. The lowest BCUT2D eigenvalue weighted by Gasteiger charge is -2.36. The summed E-state index contributed by atoms with van der Waals surface area (Å²) in [6, 6.07) is 10.0. The van der Waals surface area contributed by atoms with E-state index in [9.17, 15) is 4.79 Å². The van der Waals surface area contributed by atoms with Crippen molar-refractivity contribution in [2.75, 3.05) is 5.32 Å². The zero-order valence-corrected chi connectivity index (χ0v) is 12.8. The van der Waals surface area contributed by atoms with E-state index in [0.29, 0.717) is 6.42 Å². The minimum Gasteiger partial charge on any atom is -0.354 e. The van der Waals surface area contributed by atoms with Gasteiger partial charge in [-0.1, -0.05) is 31.2 Å². The molecular formula is C18H19N3O. The van der Waals surface area contributed by atoms with Crippen molar-refractivity contribution in [3.05, 3.63) is 60.9 Å². The topological polar surface area (TPSA) is 46.9 Å². The van der Waals surface area contributed by atoms with Gasteiger partial charge in [0.05, 0.1) is 0 Å². The molecule has 0 saturated heterocycles. The molecular weight excluding hydrogens is 274 g/mol. The zero-order chi connectivity index (χ0) is 15.6. The quantitative estimate of drug-likeness (QED) is 0.866. The Balaban J connectivity index is 2.05. The van der Waals surface area contributed by atoms with Crippen LogP contribution in [0.25, 0.3) is 0 Å². The number of rotatable bonds is 2. The highest BCUT2D eigenvalue weighted by molar-refractivity contribution is 6.01. The molecule has 2 heterocycles. The Morgan fingerprint density at radius 2 is 2.09 bits per heavy atom. The number of ketones is 1. The lowest BCUT2D eigenvalue weighted by molar-refractivity contribution is -0.130. The second-order valence-electron chi connectivity index (χ2n) is 6.79. The molecule has 1 aliphatic carbocycles. The number of anilines is 1. The van der Waals surface area contributed by atoms with Crippen LogP contribution in [0.5, 0.6) is 0 Å². The number of para-hydroxylation sites is 1. The van der Waals surface area contributed by atoms with Gasteiger partial charge in [0.1, 0.15) is 0 Å². The highest BCUT2D eigenvalue weighted by Gasteiger charge is 2.71. The molecule has 1 aromatic heterocycles. The van der Waals surface area contributed by atoms with Crippen molar-refractivity contribution in [1.29, 1.82) is 0 Å². The summed E-state index contributed by atoms with van der Waals surface area (Å²) in [5.41, 5.74) is 0.365. The van der Waals surface area contributed by atoms with Crippen molar-refractivity contribution in [3.8, 4) is 0 Å². The van der Waals surface area contributed by atoms with E-state index >= 15 is 0 Å². The van der Waals surface area contributed by atoms with Gasteiger partial charge in [-0.3, -0.25) is 4.79 Å². The number of hydrogen-bond acceptors (Lipinski definition) is 3. The van der Waals surface area contributed by atoms with E-state index in [1.165, 1.54) is 5.56 Å². The summed E-state index contributed by atoms with van der Waals surface area (Å²) >= 11 is 0. The van der Waals surface area contributed by atoms with E-state index in [2.05, 4.69) is 30.0 Å². The van der Waals surface area contributed by atoms with Crippen LogP contribution in [0.15, 0.2) is 55.4 Å². The van der Waals surface area contributed by atoms with Gasteiger partial charge in [0.15, 0.2) is 5.78 Å². The van der Waals surface area contributed by atoms with E-state index in [4.69, 9.17) is 0 Å². The first kappa shape index (κ1) is 13.3. The Morgan fingerprint density at radius 1 is 1.32 bits per heavy atom. The Labute approximate surface area is 129 Å². The van der Waals surface area contributed by atoms with E-state index < -0.39 is 11.1 Å². The van der Waals surface area contributed by atoms with Gasteiger partial charge in [0, 0.05) is 28.9 Å². The number of nitrogens with one attached hydrogen (secondary N) is 1. The number of hydrogen-bond donors (Lipinski definition) is 1. The number of fused-ring (bicyclic) bond motifs is 3. The molecule has 112 valence electrons. The van der Waals surface area contributed by atoms with Gasteiger partial charge < -0.3 is 5.32 Å². The monoisotopic (exact) mass is 293 g/mol. The van der Waals surface area contributed by atoms with Crippen molar-refractivity contribution in [1.82, 2.24) is 9.78 Å². The predicted octanol–water partition coefficient (Wildman–Crippen LogP) is 3.08. The van der Waals surface area contributed by atoms with Gasteiger partial charge in [-0.2, -0.15) is 5.10 Å². The van der Waals surface area contributed by atoms with Crippen LogP contribution in [0.2, 0.25) is 0 Å². The average Bonchev–Trinajstić information content (AvgIpc) is 3.16. The number of aromatic nitrogens is 2. The first-order chi connectivity index (χ1) is 10.5. The lowest BCUT2D eigenvalue weighted by atomic mass is 9.75. The molecule has 4 nitrogen and oxygen atoms in total. The SMILES string of the molecule is C=C[C@@]1(C)C[C@]2(C)c3ccccc3N[C@]2(n2cccn2)C1=O. The van der Waals surface area contributed by atoms with Crippen LogP contribution in [-0.4, -0.2) is 15.6 Å². The fourth-order valence-corrected chi connectivity index (χ4v) is 4.41. The summed E-state index contributed by atoms with van der Waals surface area (Å²) in [6.07, 6.45) is 6.08. The third kappa shape index (κ3) is 1.24. The van der Waals surface area contributed by atoms with E-state index in [1.54, 1.807) is 17.0 Å². The summed E-state index contributed by atoms with van der Waals surface area (Å²) in [7, 11) is 0. The second-order valence-corrected chi connectivity index (χ2v) is 6.79. The maximum atomic E-state index is 13.4. The molecule has 0 radical (unpaired) electrons. The van der Waals surface area contributed by atoms with Crippen molar-refractivity contribution in [3.63, 3.8) is 0 Å². The van der Waals surface area contributed by atoms with Gasteiger partial charge in [-0.25, -0.2) is 4.68 Å². The fraction of sp³-hybridized carbons (Fsp3) is 0.333. The van der Waals surface area contributed by atoms with Crippen LogP contribution in [0, 0.1) is 5.41 Å². The number of nitrogens with zero attached hydrogens (tertiary/aromatic N) is 2. The molecule has 0 bridgehead atoms. The summed E-state index contributed by atoms with van der Waals surface area (Å²) in [4.78, 5) is 13.4. The van der Waals surface area contributed by atoms with Crippen molar-refractivity contribution >= 4 is 11.5 Å². The van der Waals surface area contributed by atoms with Crippen LogP contribution in [0.4, 0.5) is 5.69 Å². The number of benzene rings is 1. The van der Waals surface area contributed by atoms with Gasteiger partial charge in [-0.15, -0.1) is 6.58 Å². The number of Topliss-reactive ketones (excluding diaryl/α,β-unsaturated/α-hetero) is 1. The maximum absolute atomic E-state index is 13.4. The van der Waals surface area contributed by atoms with Crippen LogP contribution in [-0.2, 0) is 15.9 Å². The Kier molecular flexibility index (Phi) is 2.35. The Morgan fingerprint density at radius 3 is 2.77 bits per heavy atom. The molecule has 2 aliphatic rings. The van der Waals surface area contributed by atoms with Crippen LogP contribution < -0.4 is 5.32 Å². The predicted molar refractivity (Wildman–Crippen MR) is 85.5 cm³/mol. The standard InChI is InChI=1S/C18H19N3O/c1-4-16(2)12-17(3)13-8-5-6-9-14(13)20-18(17,15(16)22)21-11-7-10-19-21/h4-11,20H,1,12H2,2-3H3/t16-,17+,18-/m0/s1. The molecule has 2 aromatic rings. The van der Waals surface area contributed by atoms with Gasteiger partial charge in [0.25, 0.3) is 0 Å². The third-order valence-electron chi connectivity index (χ3n) is 5.50. The van der Waals surface area contributed by atoms with E-state index in [0.717, 1.165) is 5.69 Å². The highest BCUT2D eigenvalue weighted by Crippen LogP contribution is 2.62. The van der Waals surface area contributed by atoms with E-state index in [1.807, 2.05) is 37.4 Å². The molecule has 3 atom stereocenters. The summed E-state index contributed by atoms with van der Waals surface area (Å²) < 4.78 is 1.78. The molecule has 0 amide bonds. The van der Waals surface area contributed by atoms with Crippen molar-refractivity contribution < 1.29 is 4.79 Å². The molecule has 1 aromatic carbocycles. The first-order valence-electron chi connectivity index (χ1n) is 7.54. The molecule has 1 saturated carbocycles. The average molecular weight is 293 g/mol. The molecule has 1 N–H and O–H groups in total. The van der Waals surface area contributed by atoms with E-state index in [-0.39, 0.29) is 11.2 Å². The summed E-state index contributed by atoms with van der Waals surface area (Å²) in [5, 5.41) is 7.90. The van der Waals surface area contributed by atoms with Crippen molar-refractivity contribution in [2.24, 2.45) is 5.41 Å². The minimum atomic E-state index is -0.886. The third-order valence-corrected chi connectivity index (χ3v) is 5.50. The molecule has 1 fully saturated rings. The molecule has 1 aliphatic heterocycles. The Bertz CT molecular complexity index is 781. The highest BCUT2D eigenvalue weighted by atomic mass is 16.1. The number of allylic oxidation sites excluding steroid dienone is 1. The fourth-order valence-electron chi connectivity index (χ4n) is 4.41. The van der Waals surface area contributed by atoms with Gasteiger partial charge >= 0.3 is 0 Å². The number of carbonyl (C=O) groups excluding carboxylic acids is 1. The van der Waals surface area contributed by atoms with Gasteiger partial charge in [-0.05, 0) is 31.0 Å². The lowest BCUT2D eigenvalue weighted by Crippen LogP contribution is -2.54. The minimum absolute atomic E-state index is 0.123. The molecule has 22 heavy (non-hydrogen) atoms. The van der Waals surface area contributed by atoms with Gasteiger partial charge in [0.2, 0.25) is 5.66 Å². The molecule has 4 rings (SSSR count). The summed E-state index contributed by atoms with van der Waals surface area (Å²) in [6.45, 7) is 8.04. The molecule has 0 unspecified atom stereocenters. The normalized spacial score (nSPS) is 35.8. The second kappa shape index (κ2) is 3.88. The maximum Gasteiger partial charge on any atom is 0.201 e. The molecule has 0 spiro atoms. The van der Waals surface area contributed by atoms with Crippen LogP contribution in [0.3, 0.4) is 0 Å². The Hall–Kier alpha value is -2.36. The van der Waals surface area contributed by atoms with Crippen molar-refractivity contribution in [2.45, 2.75) is 31.3 Å². The molecule has 4 heteroatoms. The zero-order valence-electron chi connectivity index (χ0n) is 12.8. The van der Waals surface area contributed by atoms with Crippen LogP contribution in [0.1, 0.15) is 25.8 Å². The largest absolute Gasteiger partial charge is 0.354 e. The summed E-state index contributed by atoms with van der Waals surface area (Å²) in [5.74, 6) is 0.123. The first-order valence-corrected chi connectivity index (χ1v) is 7.54. The van der Waals surface area contributed by atoms with Crippen LogP contribution >= 0.6 is 0 Å². The smallest absolute Gasteiger partial charge is 0.201 e.